The highest BCUT2D eigenvalue weighted by atomic mass is 35.5. The number of benzene rings is 2. The van der Waals surface area contributed by atoms with Gasteiger partial charge in [-0.1, -0.05) is 11.6 Å². The molecule has 2 aromatic carbocycles. The number of nitrogens with zero attached hydrogens (tertiary/aromatic N) is 4. The van der Waals surface area contributed by atoms with Crippen LogP contribution < -0.4 is 14.7 Å². The van der Waals surface area contributed by atoms with E-state index in [0.717, 1.165) is 57.5 Å². The van der Waals surface area contributed by atoms with Gasteiger partial charge in [-0.25, -0.2) is 0 Å². The minimum atomic E-state index is 0.235. The van der Waals surface area contributed by atoms with Gasteiger partial charge in [-0.15, -0.1) is 0 Å². The minimum Gasteiger partial charge on any atom is -0.371 e. The third-order valence-corrected chi connectivity index (χ3v) is 8.99. The van der Waals surface area contributed by atoms with Crippen LogP contribution >= 0.6 is 11.6 Å². The second-order valence-electron chi connectivity index (χ2n) is 10.2. The maximum atomic E-state index is 11.0. The van der Waals surface area contributed by atoms with Crippen LogP contribution in [0, 0.1) is 22.7 Å². The van der Waals surface area contributed by atoms with Crippen LogP contribution in [0.25, 0.3) is 0 Å². The zero-order valence-corrected chi connectivity index (χ0v) is 20.7. The number of aldehydes is 1. The molecule has 3 aliphatic heterocycles. The number of anilines is 3. The van der Waals surface area contributed by atoms with Gasteiger partial charge in [0, 0.05) is 61.7 Å². The van der Waals surface area contributed by atoms with E-state index in [0.29, 0.717) is 22.0 Å². The third-order valence-electron chi connectivity index (χ3n) is 8.68. The predicted molar refractivity (Wildman–Crippen MR) is 139 cm³/mol. The minimum absolute atomic E-state index is 0.235. The highest BCUT2D eigenvalue weighted by Crippen LogP contribution is 2.47. The van der Waals surface area contributed by atoms with E-state index in [4.69, 9.17) is 11.6 Å². The summed E-state index contributed by atoms with van der Waals surface area (Å²) in [5, 5.41) is 9.72. The molecule has 0 aliphatic carbocycles. The third kappa shape index (κ3) is 4.25. The summed E-state index contributed by atoms with van der Waals surface area (Å²) in [6.07, 6.45) is 6.63. The first-order valence-corrected chi connectivity index (χ1v) is 12.9. The second kappa shape index (κ2) is 9.50. The number of halogens is 1. The highest BCUT2D eigenvalue weighted by molar-refractivity contribution is 6.32. The van der Waals surface area contributed by atoms with Crippen LogP contribution in [-0.2, 0) is 4.79 Å². The van der Waals surface area contributed by atoms with E-state index in [1.54, 1.807) is 0 Å². The molecule has 34 heavy (non-hydrogen) atoms. The van der Waals surface area contributed by atoms with Crippen molar-refractivity contribution in [1.82, 2.24) is 0 Å². The number of piperidine rings is 2. The predicted octanol–water partition coefficient (Wildman–Crippen LogP) is 5.51. The van der Waals surface area contributed by atoms with E-state index < -0.39 is 0 Å². The van der Waals surface area contributed by atoms with Gasteiger partial charge in [-0.3, -0.25) is 0 Å². The Kier molecular flexibility index (Phi) is 6.44. The molecule has 0 saturated carbocycles. The molecular formula is C28H33ClN4O. The molecule has 0 aromatic heterocycles. The molecule has 178 valence electrons. The molecule has 5 rings (SSSR count). The standard InChI is InChI=1S/C28H33ClN4O/c1-21-28(12-17-33(21)26-3-2-23(19-30)27(29)18-26)10-15-32(16-11-28)25-6-4-24(5-7-25)31-13-8-22(20-34)9-14-31/h2-7,18,20-22H,8-17H2,1H3. The molecule has 3 aliphatic rings. The van der Waals surface area contributed by atoms with Crippen LogP contribution in [0.4, 0.5) is 17.1 Å². The second-order valence-corrected chi connectivity index (χ2v) is 10.6. The average Bonchev–Trinajstić information content (AvgIpc) is 3.20. The topological polar surface area (TPSA) is 50.6 Å². The summed E-state index contributed by atoms with van der Waals surface area (Å²) < 4.78 is 0. The Morgan fingerprint density at radius 1 is 0.912 bits per heavy atom. The normalized spacial score (nSPS) is 22.7. The first-order valence-electron chi connectivity index (χ1n) is 12.5. The first-order chi connectivity index (χ1) is 16.5. The number of nitriles is 1. The maximum Gasteiger partial charge on any atom is 0.123 e. The Balaban J connectivity index is 1.20. The fourth-order valence-electron chi connectivity index (χ4n) is 6.25. The molecule has 0 amide bonds. The summed E-state index contributed by atoms with van der Waals surface area (Å²) in [5.74, 6) is 0.235. The fourth-order valence-corrected chi connectivity index (χ4v) is 6.47. The van der Waals surface area contributed by atoms with Crippen LogP contribution in [0.5, 0.6) is 0 Å². The van der Waals surface area contributed by atoms with Gasteiger partial charge in [0.1, 0.15) is 12.4 Å². The zero-order valence-electron chi connectivity index (χ0n) is 19.9. The largest absolute Gasteiger partial charge is 0.371 e. The van der Waals surface area contributed by atoms with Crippen LogP contribution in [0.3, 0.4) is 0 Å². The molecule has 0 bridgehead atoms. The van der Waals surface area contributed by atoms with Crippen molar-refractivity contribution in [2.45, 2.75) is 45.1 Å². The summed E-state index contributed by atoms with van der Waals surface area (Å²) >= 11 is 6.32. The van der Waals surface area contributed by atoms with E-state index >= 15 is 0 Å². The molecule has 6 heteroatoms. The molecule has 3 heterocycles. The maximum absolute atomic E-state index is 11.0. The van der Waals surface area contributed by atoms with E-state index in [9.17, 15) is 10.1 Å². The summed E-state index contributed by atoms with van der Waals surface area (Å²) in [4.78, 5) is 18.4. The van der Waals surface area contributed by atoms with E-state index in [2.05, 4.69) is 52.0 Å². The van der Waals surface area contributed by atoms with Gasteiger partial charge in [0.2, 0.25) is 0 Å². The smallest absolute Gasteiger partial charge is 0.123 e. The molecule has 2 aromatic rings. The van der Waals surface area contributed by atoms with E-state index in [1.807, 2.05) is 18.2 Å². The molecule has 0 N–H and O–H groups in total. The lowest BCUT2D eigenvalue weighted by Gasteiger charge is -2.44. The summed E-state index contributed by atoms with van der Waals surface area (Å²) in [6.45, 7) is 7.49. The Morgan fingerprint density at radius 3 is 2.03 bits per heavy atom. The number of rotatable bonds is 4. The quantitative estimate of drug-likeness (QED) is 0.544. The van der Waals surface area contributed by atoms with Gasteiger partial charge in [0.25, 0.3) is 0 Å². The van der Waals surface area contributed by atoms with Gasteiger partial charge in [0.05, 0.1) is 10.6 Å². The van der Waals surface area contributed by atoms with Crippen molar-refractivity contribution in [3.8, 4) is 6.07 Å². The Morgan fingerprint density at radius 2 is 1.47 bits per heavy atom. The number of hydrogen-bond acceptors (Lipinski definition) is 5. The van der Waals surface area contributed by atoms with Crippen molar-refractivity contribution in [3.05, 3.63) is 53.1 Å². The zero-order chi connectivity index (χ0) is 23.7. The molecule has 1 unspecified atom stereocenters. The molecule has 5 nitrogen and oxygen atoms in total. The monoisotopic (exact) mass is 476 g/mol. The number of hydrogen-bond donors (Lipinski definition) is 0. The fraction of sp³-hybridized carbons (Fsp3) is 0.500. The summed E-state index contributed by atoms with van der Waals surface area (Å²) in [5.41, 5.74) is 4.57. The van der Waals surface area contributed by atoms with Crippen molar-refractivity contribution in [2.24, 2.45) is 11.3 Å². The SMILES string of the molecule is CC1N(c2ccc(C#N)c(Cl)c2)CCC12CCN(c1ccc(N3CCC(C=O)CC3)cc1)CC2. The highest BCUT2D eigenvalue weighted by Gasteiger charge is 2.46. The molecule has 1 atom stereocenters. The van der Waals surface area contributed by atoms with Gasteiger partial charge in [-0.05, 0) is 86.9 Å². The molecule has 0 radical (unpaired) electrons. The van der Waals surface area contributed by atoms with E-state index in [-0.39, 0.29) is 5.92 Å². The Labute approximate surface area is 207 Å². The van der Waals surface area contributed by atoms with Crippen molar-refractivity contribution >= 4 is 34.9 Å². The molecular weight excluding hydrogens is 444 g/mol. The Bertz CT molecular complexity index is 1060. The van der Waals surface area contributed by atoms with Crippen LogP contribution in [0.1, 0.15) is 44.6 Å². The lowest BCUT2D eigenvalue weighted by Crippen LogP contribution is -2.46. The van der Waals surface area contributed by atoms with Crippen molar-refractivity contribution in [3.63, 3.8) is 0 Å². The van der Waals surface area contributed by atoms with Crippen molar-refractivity contribution in [1.29, 1.82) is 5.26 Å². The van der Waals surface area contributed by atoms with Gasteiger partial charge >= 0.3 is 0 Å². The lowest BCUT2D eigenvalue weighted by molar-refractivity contribution is -0.111. The van der Waals surface area contributed by atoms with Gasteiger partial charge < -0.3 is 19.5 Å². The lowest BCUT2D eigenvalue weighted by atomic mass is 9.73. The molecule has 3 fully saturated rings. The van der Waals surface area contributed by atoms with Crippen LogP contribution in [-0.4, -0.2) is 45.1 Å². The summed E-state index contributed by atoms with van der Waals surface area (Å²) in [6, 6.07) is 17.5. The van der Waals surface area contributed by atoms with Gasteiger partial charge in [-0.2, -0.15) is 5.26 Å². The van der Waals surface area contributed by atoms with Crippen molar-refractivity contribution < 1.29 is 4.79 Å². The van der Waals surface area contributed by atoms with Crippen molar-refractivity contribution in [2.75, 3.05) is 47.4 Å². The molecule has 1 spiro atoms. The van der Waals surface area contributed by atoms with Crippen LogP contribution in [0.2, 0.25) is 5.02 Å². The molecule has 3 saturated heterocycles. The van der Waals surface area contributed by atoms with Gasteiger partial charge in [0.15, 0.2) is 0 Å². The van der Waals surface area contributed by atoms with Crippen LogP contribution in [0.15, 0.2) is 42.5 Å². The van der Waals surface area contributed by atoms with E-state index in [1.165, 1.54) is 30.6 Å². The Hall–Kier alpha value is -2.71. The first kappa shape index (κ1) is 23.1. The number of carbonyl (C=O) groups is 1. The average molecular weight is 477 g/mol. The number of carbonyl (C=O) groups excluding carboxylic acids is 1. The summed E-state index contributed by atoms with van der Waals surface area (Å²) in [7, 11) is 0.